The topological polar surface area (TPSA) is 12.0 Å². The van der Waals surface area contributed by atoms with Crippen molar-refractivity contribution in [1.82, 2.24) is 0 Å². The second-order valence-corrected chi connectivity index (χ2v) is 3.50. The van der Waals surface area contributed by atoms with Crippen LogP contribution in [0.1, 0.15) is 0 Å². The molecule has 1 aromatic carbocycles. The van der Waals surface area contributed by atoms with Gasteiger partial charge in [-0.1, -0.05) is 46.9 Å². The second-order valence-electron chi connectivity index (χ2n) is 2.39. The fourth-order valence-electron chi connectivity index (χ4n) is 0.823. The molecule has 1 nitrogen and oxygen atoms in total. The molecule has 0 aliphatic rings. The number of hydrogen-bond acceptors (Lipinski definition) is 1. The van der Waals surface area contributed by atoms with Crippen LogP contribution in [0.5, 0.6) is 0 Å². The van der Waals surface area contributed by atoms with E-state index < -0.39 is 0 Å². The first-order chi connectivity index (χ1) is 6.24. The van der Waals surface area contributed by atoms with Crippen LogP contribution < -0.4 is 5.32 Å². The van der Waals surface area contributed by atoms with Crippen LogP contribution in [0.3, 0.4) is 0 Å². The second kappa shape index (κ2) is 5.38. The van der Waals surface area contributed by atoms with E-state index in [-0.39, 0.29) is 0 Å². The van der Waals surface area contributed by atoms with Crippen LogP contribution in [0.2, 0.25) is 5.02 Å². The molecule has 1 rings (SSSR count). The normalized spacial score (nSPS) is 11.5. The molecule has 1 N–H and O–H groups in total. The van der Waals surface area contributed by atoms with E-state index >= 15 is 0 Å². The molecule has 0 radical (unpaired) electrons. The minimum absolute atomic E-state index is 0.481. The Labute approximate surface area is 92.3 Å². The zero-order valence-electron chi connectivity index (χ0n) is 6.73. The van der Waals surface area contributed by atoms with Gasteiger partial charge in [-0.3, -0.25) is 0 Å². The zero-order valence-corrected chi connectivity index (χ0v) is 9.00. The minimum atomic E-state index is 0.481. The van der Waals surface area contributed by atoms with Gasteiger partial charge in [-0.15, -0.1) is 0 Å². The molecule has 0 atom stereocenters. The van der Waals surface area contributed by atoms with Crippen LogP contribution in [-0.2, 0) is 0 Å². The van der Waals surface area contributed by atoms with Crippen molar-refractivity contribution in [3.8, 4) is 0 Å². The molecular formula is C9H8Cl3N. The average molecular weight is 237 g/mol. The summed E-state index contributed by atoms with van der Waals surface area (Å²) in [6.45, 7) is 0.481. The molecule has 0 aliphatic carbocycles. The lowest BCUT2D eigenvalue weighted by molar-refractivity contribution is 1.31. The maximum atomic E-state index is 5.89. The van der Waals surface area contributed by atoms with Crippen molar-refractivity contribution in [2.24, 2.45) is 0 Å². The third-order valence-corrected chi connectivity index (χ3v) is 2.39. The van der Waals surface area contributed by atoms with Gasteiger partial charge < -0.3 is 5.32 Å². The minimum Gasteiger partial charge on any atom is -0.379 e. The van der Waals surface area contributed by atoms with E-state index in [9.17, 15) is 0 Å². The number of benzene rings is 1. The third-order valence-electron chi connectivity index (χ3n) is 1.44. The van der Waals surface area contributed by atoms with Gasteiger partial charge in [0, 0.05) is 10.6 Å². The molecule has 0 amide bonds. The molecule has 70 valence electrons. The van der Waals surface area contributed by atoms with Crippen molar-refractivity contribution in [2.45, 2.75) is 0 Å². The van der Waals surface area contributed by atoms with E-state index in [1.54, 1.807) is 0 Å². The highest BCUT2D eigenvalue weighted by molar-refractivity contribution is 6.37. The molecule has 4 heteroatoms. The third kappa shape index (κ3) is 3.47. The fourth-order valence-corrected chi connectivity index (χ4v) is 1.17. The SMILES string of the molecule is ClC=C(Cl)CNc1ccccc1Cl. The summed E-state index contributed by atoms with van der Waals surface area (Å²) in [5, 5.41) is 4.26. The molecule has 0 aromatic heterocycles. The number of nitrogens with one attached hydrogen (secondary N) is 1. The van der Waals surface area contributed by atoms with Crippen molar-refractivity contribution in [3.63, 3.8) is 0 Å². The summed E-state index contributed by atoms with van der Waals surface area (Å²) < 4.78 is 0. The Morgan fingerprint density at radius 2 is 2.08 bits per heavy atom. The summed E-state index contributed by atoms with van der Waals surface area (Å²) in [7, 11) is 0. The lowest BCUT2D eigenvalue weighted by Gasteiger charge is -2.06. The maximum absolute atomic E-state index is 5.89. The van der Waals surface area contributed by atoms with Gasteiger partial charge in [0.05, 0.1) is 17.3 Å². The van der Waals surface area contributed by atoms with Gasteiger partial charge in [-0.05, 0) is 12.1 Å². The Balaban J connectivity index is 2.60. The van der Waals surface area contributed by atoms with Gasteiger partial charge in [0.25, 0.3) is 0 Å². The summed E-state index contributed by atoms with van der Waals surface area (Å²) in [5.74, 6) is 0. The van der Waals surface area contributed by atoms with Crippen LogP contribution in [0.15, 0.2) is 34.8 Å². The van der Waals surface area contributed by atoms with Crippen LogP contribution >= 0.6 is 34.8 Å². The molecule has 0 fully saturated rings. The molecule has 13 heavy (non-hydrogen) atoms. The molecule has 1 aromatic rings. The van der Waals surface area contributed by atoms with E-state index in [4.69, 9.17) is 34.8 Å². The van der Waals surface area contributed by atoms with E-state index in [2.05, 4.69) is 5.32 Å². The molecular weight excluding hydrogens is 228 g/mol. The molecule has 0 unspecified atom stereocenters. The summed E-state index contributed by atoms with van der Waals surface area (Å²) in [6.07, 6.45) is 0. The van der Waals surface area contributed by atoms with Gasteiger partial charge in [-0.25, -0.2) is 0 Å². The quantitative estimate of drug-likeness (QED) is 0.834. The van der Waals surface area contributed by atoms with E-state index in [0.29, 0.717) is 16.6 Å². The van der Waals surface area contributed by atoms with Crippen molar-refractivity contribution in [3.05, 3.63) is 39.9 Å². The van der Waals surface area contributed by atoms with E-state index in [1.807, 2.05) is 24.3 Å². The maximum Gasteiger partial charge on any atom is 0.0637 e. The van der Waals surface area contributed by atoms with Crippen LogP contribution in [0.4, 0.5) is 5.69 Å². The highest BCUT2D eigenvalue weighted by atomic mass is 35.5. The lowest BCUT2D eigenvalue weighted by atomic mass is 10.3. The zero-order chi connectivity index (χ0) is 9.68. The van der Waals surface area contributed by atoms with Crippen LogP contribution in [0.25, 0.3) is 0 Å². The molecule has 0 aliphatic heterocycles. The number of hydrogen-bond donors (Lipinski definition) is 1. The molecule has 0 spiro atoms. The Hall–Kier alpha value is -0.370. The standard InChI is InChI=1S/C9H8Cl3N/c10-5-7(11)6-13-9-4-2-1-3-8(9)12/h1-5,13H,6H2. The lowest BCUT2D eigenvalue weighted by Crippen LogP contribution is -2.01. The number of para-hydroxylation sites is 1. The molecule has 0 saturated carbocycles. The summed E-state index contributed by atoms with van der Waals surface area (Å²) in [6, 6.07) is 7.45. The predicted octanol–water partition coefficient (Wildman–Crippen LogP) is 4.07. The Bertz CT molecular complexity index is 309. The molecule has 0 heterocycles. The molecule has 0 saturated heterocycles. The largest absolute Gasteiger partial charge is 0.379 e. The first-order valence-electron chi connectivity index (χ1n) is 3.67. The van der Waals surface area contributed by atoms with Crippen LogP contribution in [0, 0.1) is 0 Å². The van der Waals surface area contributed by atoms with Crippen molar-refractivity contribution >= 4 is 40.5 Å². The number of rotatable bonds is 3. The fraction of sp³-hybridized carbons (Fsp3) is 0.111. The highest BCUT2D eigenvalue weighted by Crippen LogP contribution is 2.20. The van der Waals surface area contributed by atoms with Gasteiger partial charge in [0.15, 0.2) is 0 Å². The smallest absolute Gasteiger partial charge is 0.0637 e. The highest BCUT2D eigenvalue weighted by Gasteiger charge is 1.97. The Kier molecular flexibility index (Phi) is 4.43. The van der Waals surface area contributed by atoms with Crippen LogP contribution in [-0.4, -0.2) is 6.54 Å². The molecule has 0 bridgehead atoms. The van der Waals surface area contributed by atoms with Gasteiger partial charge in [0.1, 0.15) is 0 Å². The van der Waals surface area contributed by atoms with Crippen molar-refractivity contribution in [2.75, 3.05) is 11.9 Å². The summed E-state index contributed by atoms with van der Waals surface area (Å²) >= 11 is 17.0. The average Bonchev–Trinajstić information content (AvgIpc) is 2.16. The van der Waals surface area contributed by atoms with Crippen molar-refractivity contribution in [1.29, 1.82) is 0 Å². The summed E-state index contributed by atoms with van der Waals surface area (Å²) in [4.78, 5) is 0. The van der Waals surface area contributed by atoms with Gasteiger partial charge >= 0.3 is 0 Å². The Morgan fingerprint density at radius 1 is 1.38 bits per heavy atom. The first kappa shape index (κ1) is 10.7. The first-order valence-corrected chi connectivity index (χ1v) is 4.86. The van der Waals surface area contributed by atoms with Crippen molar-refractivity contribution < 1.29 is 0 Å². The van der Waals surface area contributed by atoms with E-state index in [1.165, 1.54) is 5.54 Å². The van der Waals surface area contributed by atoms with E-state index in [0.717, 1.165) is 5.69 Å². The monoisotopic (exact) mass is 235 g/mol. The van der Waals surface area contributed by atoms with Gasteiger partial charge in [-0.2, -0.15) is 0 Å². The predicted molar refractivity (Wildman–Crippen MR) is 59.7 cm³/mol. The van der Waals surface area contributed by atoms with Gasteiger partial charge in [0.2, 0.25) is 0 Å². The number of anilines is 1. The Morgan fingerprint density at radius 3 is 2.69 bits per heavy atom. The number of halogens is 3. The summed E-state index contributed by atoms with van der Waals surface area (Å²) in [5.41, 5.74) is 2.17.